The average Bonchev–Trinajstić information content (AvgIpc) is 2.62. The molecule has 1 aliphatic heterocycles. The molecule has 1 atom stereocenters. The van der Waals surface area contributed by atoms with Gasteiger partial charge in [0.15, 0.2) is 0 Å². The van der Waals surface area contributed by atoms with Crippen LogP contribution in [0.15, 0.2) is 42.7 Å². The molecule has 120 valence electrons. The number of rotatable bonds is 4. The highest BCUT2D eigenvalue weighted by molar-refractivity contribution is 5.88. The molecule has 0 saturated carbocycles. The number of carboxylic acids is 1. The lowest BCUT2D eigenvalue weighted by Gasteiger charge is -2.32. The SMILES string of the molecule is CC(c1ccc(-c2cncc(C(=O)O)c2)cc1)N1CCCCC1. The highest BCUT2D eigenvalue weighted by atomic mass is 16.4. The summed E-state index contributed by atoms with van der Waals surface area (Å²) in [5, 5.41) is 9.07. The molecule has 3 rings (SSSR count). The second kappa shape index (κ2) is 6.92. The minimum atomic E-state index is -0.949. The summed E-state index contributed by atoms with van der Waals surface area (Å²) in [4.78, 5) is 17.6. The van der Waals surface area contributed by atoms with Crippen LogP contribution in [0.2, 0.25) is 0 Å². The monoisotopic (exact) mass is 310 g/mol. The maximum absolute atomic E-state index is 11.1. The molecule has 1 aliphatic rings. The van der Waals surface area contributed by atoms with Gasteiger partial charge in [-0.2, -0.15) is 0 Å². The quantitative estimate of drug-likeness (QED) is 0.927. The number of carboxylic acid groups (broad SMARTS) is 1. The van der Waals surface area contributed by atoms with Crippen LogP contribution in [0, 0.1) is 0 Å². The van der Waals surface area contributed by atoms with Crippen LogP contribution in [0.3, 0.4) is 0 Å². The van der Waals surface area contributed by atoms with E-state index in [9.17, 15) is 4.79 Å². The van der Waals surface area contributed by atoms with Gasteiger partial charge in [0.05, 0.1) is 5.56 Å². The van der Waals surface area contributed by atoms with Gasteiger partial charge in [-0.3, -0.25) is 9.88 Å². The normalized spacial score (nSPS) is 16.9. The Hall–Kier alpha value is -2.20. The summed E-state index contributed by atoms with van der Waals surface area (Å²) < 4.78 is 0. The third-order valence-electron chi connectivity index (χ3n) is 4.65. The van der Waals surface area contributed by atoms with Gasteiger partial charge in [0.2, 0.25) is 0 Å². The summed E-state index contributed by atoms with van der Waals surface area (Å²) in [5.74, 6) is -0.949. The number of pyridine rings is 1. The summed E-state index contributed by atoms with van der Waals surface area (Å²) in [7, 11) is 0. The smallest absolute Gasteiger partial charge is 0.337 e. The Bertz CT molecular complexity index is 676. The Labute approximate surface area is 136 Å². The van der Waals surface area contributed by atoms with E-state index in [1.165, 1.54) is 44.1 Å². The molecule has 0 bridgehead atoms. The van der Waals surface area contributed by atoms with E-state index in [0.717, 1.165) is 11.1 Å². The lowest BCUT2D eigenvalue weighted by molar-refractivity contribution is 0.0696. The molecule has 1 fully saturated rings. The largest absolute Gasteiger partial charge is 0.478 e. The first-order valence-corrected chi connectivity index (χ1v) is 8.18. The molecule has 4 nitrogen and oxygen atoms in total. The summed E-state index contributed by atoms with van der Waals surface area (Å²) in [6.07, 6.45) is 7.00. The Morgan fingerprint density at radius 1 is 1.09 bits per heavy atom. The van der Waals surface area contributed by atoms with Gasteiger partial charge < -0.3 is 5.11 Å². The maximum atomic E-state index is 11.1. The van der Waals surface area contributed by atoms with Gasteiger partial charge in [-0.25, -0.2) is 4.79 Å². The first kappa shape index (κ1) is 15.7. The van der Waals surface area contributed by atoms with Gasteiger partial charge in [-0.1, -0.05) is 30.7 Å². The number of hydrogen-bond acceptors (Lipinski definition) is 3. The topological polar surface area (TPSA) is 53.4 Å². The van der Waals surface area contributed by atoms with E-state index in [-0.39, 0.29) is 5.56 Å². The van der Waals surface area contributed by atoms with Gasteiger partial charge in [0.1, 0.15) is 0 Å². The van der Waals surface area contributed by atoms with E-state index in [1.54, 1.807) is 12.3 Å². The second-order valence-electron chi connectivity index (χ2n) is 6.16. The molecule has 1 aromatic heterocycles. The molecule has 1 N–H and O–H groups in total. The van der Waals surface area contributed by atoms with Crippen LogP contribution >= 0.6 is 0 Å². The fourth-order valence-electron chi connectivity index (χ4n) is 3.19. The highest BCUT2D eigenvalue weighted by Crippen LogP contribution is 2.27. The number of nitrogens with zero attached hydrogens (tertiary/aromatic N) is 2. The van der Waals surface area contributed by atoms with E-state index >= 15 is 0 Å². The molecule has 2 heterocycles. The van der Waals surface area contributed by atoms with Crippen molar-refractivity contribution in [2.24, 2.45) is 0 Å². The number of carbonyl (C=O) groups is 1. The third-order valence-corrected chi connectivity index (χ3v) is 4.65. The number of likely N-dealkylation sites (tertiary alicyclic amines) is 1. The minimum Gasteiger partial charge on any atom is -0.478 e. The molecule has 1 unspecified atom stereocenters. The zero-order valence-electron chi connectivity index (χ0n) is 13.4. The lowest BCUT2D eigenvalue weighted by Crippen LogP contribution is -2.32. The first-order chi connectivity index (χ1) is 11.1. The molecule has 0 spiro atoms. The number of hydrogen-bond donors (Lipinski definition) is 1. The summed E-state index contributed by atoms with van der Waals surface area (Å²) in [6, 6.07) is 10.5. The Morgan fingerprint density at radius 2 is 1.78 bits per heavy atom. The van der Waals surface area contributed by atoms with E-state index in [1.807, 2.05) is 0 Å². The summed E-state index contributed by atoms with van der Waals surface area (Å²) in [6.45, 7) is 4.61. The number of piperidine rings is 1. The molecule has 0 amide bonds. The second-order valence-corrected chi connectivity index (χ2v) is 6.16. The van der Waals surface area contributed by atoms with Crippen molar-refractivity contribution in [1.29, 1.82) is 0 Å². The Kier molecular flexibility index (Phi) is 4.72. The van der Waals surface area contributed by atoms with Gasteiger partial charge in [-0.15, -0.1) is 0 Å². The van der Waals surface area contributed by atoms with Crippen LogP contribution in [0.25, 0.3) is 11.1 Å². The zero-order chi connectivity index (χ0) is 16.2. The predicted octanol–water partition coefficient (Wildman–Crippen LogP) is 3.99. The highest BCUT2D eigenvalue weighted by Gasteiger charge is 2.18. The van der Waals surface area contributed by atoms with E-state index in [0.29, 0.717) is 6.04 Å². The molecular weight excluding hydrogens is 288 g/mol. The van der Waals surface area contributed by atoms with Crippen molar-refractivity contribution in [3.05, 3.63) is 53.9 Å². The van der Waals surface area contributed by atoms with Gasteiger partial charge in [0, 0.05) is 24.0 Å². The van der Waals surface area contributed by atoms with Crippen molar-refractivity contribution < 1.29 is 9.90 Å². The van der Waals surface area contributed by atoms with Crippen LogP contribution in [0.5, 0.6) is 0 Å². The molecule has 2 aromatic rings. The molecule has 0 aliphatic carbocycles. The van der Waals surface area contributed by atoms with E-state index in [4.69, 9.17) is 5.11 Å². The van der Waals surface area contributed by atoms with Crippen molar-refractivity contribution in [3.8, 4) is 11.1 Å². The fraction of sp³-hybridized carbons (Fsp3) is 0.368. The summed E-state index contributed by atoms with van der Waals surface area (Å²) in [5.41, 5.74) is 3.35. The molecular formula is C19H22N2O2. The Morgan fingerprint density at radius 3 is 2.43 bits per heavy atom. The third kappa shape index (κ3) is 3.59. The number of benzene rings is 1. The minimum absolute atomic E-state index is 0.216. The van der Waals surface area contributed by atoms with Crippen LogP contribution in [0.1, 0.15) is 48.1 Å². The molecule has 4 heteroatoms. The van der Waals surface area contributed by atoms with Crippen molar-refractivity contribution in [3.63, 3.8) is 0 Å². The molecule has 1 aromatic carbocycles. The number of aromatic nitrogens is 1. The Balaban J connectivity index is 1.79. The lowest BCUT2D eigenvalue weighted by atomic mass is 9.99. The van der Waals surface area contributed by atoms with E-state index in [2.05, 4.69) is 41.1 Å². The summed E-state index contributed by atoms with van der Waals surface area (Å²) >= 11 is 0. The number of aromatic carboxylic acids is 1. The first-order valence-electron chi connectivity index (χ1n) is 8.18. The van der Waals surface area contributed by atoms with Crippen LogP contribution in [0.4, 0.5) is 0 Å². The van der Waals surface area contributed by atoms with Gasteiger partial charge >= 0.3 is 5.97 Å². The predicted molar refractivity (Wildman–Crippen MR) is 90.5 cm³/mol. The van der Waals surface area contributed by atoms with Gasteiger partial charge in [-0.05, 0) is 50.0 Å². The van der Waals surface area contributed by atoms with Crippen LogP contribution < -0.4 is 0 Å². The van der Waals surface area contributed by atoms with Crippen LogP contribution in [-0.2, 0) is 0 Å². The molecule has 1 saturated heterocycles. The standard InChI is InChI=1S/C19H22N2O2/c1-14(21-9-3-2-4-10-21)15-5-7-16(8-6-15)17-11-18(19(22)23)13-20-12-17/h5-8,11-14H,2-4,9-10H2,1H3,(H,22,23). The zero-order valence-corrected chi connectivity index (χ0v) is 13.4. The molecule has 0 radical (unpaired) electrons. The van der Waals surface area contributed by atoms with E-state index < -0.39 is 5.97 Å². The van der Waals surface area contributed by atoms with Crippen molar-refractivity contribution in [1.82, 2.24) is 9.88 Å². The van der Waals surface area contributed by atoms with Crippen molar-refractivity contribution in [2.75, 3.05) is 13.1 Å². The van der Waals surface area contributed by atoms with Crippen LogP contribution in [-0.4, -0.2) is 34.0 Å². The molecule has 23 heavy (non-hydrogen) atoms. The maximum Gasteiger partial charge on any atom is 0.337 e. The van der Waals surface area contributed by atoms with Crippen molar-refractivity contribution >= 4 is 5.97 Å². The fourth-order valence-corrected chi connectivity index (χ4v) is 3.19. The van der Waals surface area contributed by atoms with Crippen molar-refractivity contribution in [2.45, 2.75) is 32.2 Å². The average molecular weight is 310 g/mol. The van der Waals surface area contributed by atoms with Gasteiger partial charge in [0.25, 0.3) is 0 Å².